The van der Waals surface area contributed by atoms with Gasteiger partial charge >= 0.3 is 6.18 Å². The molecule has 1 amide bonds. The lowest BCUT2D eigenvalue weighted by Gasteiger charge is -2.30. The van der Waals surface area contributed by atoms with Crippen molar-refractivity contribution in [3.05, 3.63) is 35.4 Å². The van der Waals surface area contributed by atoms with Crippen molar-refractivity contribution in [3.8, 4) is 0 Å². The van der Waals surface area contributed by atoms with Crippen molar-refractivity contribution in [2.45, 2.75) is 57.8 Å². The number of benzene rings is 1. The summed E-state index contributed by atoms with van der Waals surface area (Å²) in [4.78, 5) is 14.3. The highest BCUT2D eigenvalue weighted by Gasteiger charge is 2.32. The Morgan fingerprint density at radius 1 is 1.36 bits per heavy atom. The Morgan fingerprint density at radius 2 is 2.04 bits per heavy atom. The van der Waals surface area contributed by atoms with Crippen LogP contribution in [-0.2, 0) is 11.0 Å². The summed E-state index contributed by atoms with van der Waals surface area (Å²) in [6, 6.07) is 4.85. The molecule has 3 atom stereocenters. The average molecular weight is 379 g/mol. The smallest absolute Gasteiger partial charge is 0.336 e. The standard InChI is InChI=1S/C18H25F3N2O.ClH/c1-3-23(17(24)11-14-7-5-9-16(14)22)12(2)13-6-4-8-15(10-13)18(19,20)21;/h4,6,8,10,12,14,16H,3,5,7,9,11,22H2,1-2H3;1H/t12?,14-,16+;/m0./s1. The maximum atomic E-state index is 12.9. The van der Waals surface area contributed by atoms with Gasteiger partial charge in [0, 0.05) is 19.0 Å². The number of hydrogen-bond acceptors (Lipinski definition) is 2. The van der Waals surface area contributed by atoms with E-state index in [1.807, 2.05) is 6.92 Å². The largest absolute Gasteiger partial charge is 0.416 e. The van der Waals surface area contributed by atoms with Crippen LogP contribution in [0.1, 0.15) is 56.7 Å². The van der Waals surface area contributed by atoms with Crippen molar-refractivity contribution in [2.24, 2.45) is 11.7 Å². The number of amides is 1. The van der Waals surface area contributed by atoms with Gasteiger partial charge in [-0.1, -0.05) is 18.6 Å². The SMILES string of the molecule is CCN(C(=O)C[C@@H]1CCC[C@H]1N)C(C)c1cccc(C(F)(F)F)c1.Cl. The fraction of sp³-hybridized carbons (Fsp3) is 0.611. The molecular formula is C18H26ClF3N2O. The quantitative estimate of drug-likeness (QED) is 0.816. The number of carbonyl (C=O) groups is 1. The van der Waals surface area contributed by atoms with Crippen LogP contribution in [0.25, 0.3) is 0 Å². The molecule has 2 rings (SSSR count). The van der Waals surface area contributed by atoms with Crippen LogP contribution in [0, 0.1) is 5.92 Å². The Bertz CT molecular complexity index is 580. The third-order valence-electron chi connectivity index (χ3n) is 4.98. The van der Waals surface area contributed by atoms with Crippen molar-refractivity contribution < 1.29 is 18.0 Å². The minimum absolute atomic E-state index is 0. The number of rotatable bonds is 5. The lowest BCUT2D eigenvalue weighted by Crippen LogP contribution is -2.37. The van der Waals surface area contributed by atoms with Gasteiger partial charge in [0.05, 0.1) is 11.6 Å². The van der Waals surface area contributed by atoms with Gasteiger partial charge in [-0.15, -0.1) is 12.4 Å². The summed E-state index contributed by atoms with van der Waals surface area (Å²) in [5.74, 6) is 0.144. The summed E-state index contributed by atoms with van der Waals surface area (Å²) < 4.78 is 38.7. The third kappa shape index (κ3) is 5.35. The second-order valence-electron chi connectivity index (χ2n) is 6.54. The zero-order valence-electron chi connectivity index (χ0n) is 14.6. The summed E-state index contributed by atoms with van der Waals surface area (Å²) in [6.07, 6.45) is -1.09. The molecule has 7 heteroatoms. The van der Waals surface area contributed by atoms with Gasteiger partial charge in [0.1, 0.15) is 0 Å². The van der Waals surface area contributed by atoms with E-state index in [0.717, 1.165) is 31.4 Å². The van der Waals surface area contributed by atoms with Gasteiger partial charge in [0.15, 0.2) is 0 Å². The van der Waals surface area contributed by atoms with Crippen LogP contribution in [-0.4, -0.2) is 23.4 Å². The molecule has 25 heavy (non-hydrogen) atoms. The number of hydrogen-bond donors (Lipinski definition) is 1. The minimum Gasteiger partial charge on any atom is -0.336 e. The predicted molar refractivity (Wildman–Crippen MR) is 94.4 cm³/mol. The first kappa shape index (κ1) is 21.8. The van der Waals surface area contributed by atoms with Crippen LogP contribution in [0.5, 0.6) is 0 Å². The molecule has 1 saturated carbocycles. The summed E-state index contributed by atoms with van der Waals surface area (Å²) in [7, 11) is 0. The van der Waals surface area contributed by atoms with E-state index in [-0.39, 0.29) is 30.3 Å². The number of nitrogens with zero attached hydrogens (tertiary/aromatic N) is 1. The molecule has 1 unspecified atom stereocenters. The van der Waals surface area contributed by atoms with E-state index in [2.05, 4.69) is 0 Å². The van der Waals surface area contributed by atoms with Gasteiger partial charge < -0.3 is 10.6 Å². The third-order valence-corrected chi connectivity index (χ3v) is 4.98. The van der Waals surface area contributed by atoms with Gasteiger partial charge in [-0.05, 0) is 50.3 Å². The first-order chi connectivity index (χ1) is 11.2. The Hall–Kier alpha value is -1.27. The summed E-state index contributed by atoms with van der Waals surface area (Å²) in [5.41, 5.74) is 5.84. The zero-order chi connectivity index (χ0) is 17.9. The minimum atomic E-state index is -4.38. The maximum absolute atomic E-state index is 12.9. The summed E-state index contributed by atoms with van der Waals surface area (Å²) >= 11 is 0. The first-order valence-corrected chi connectivity index (χ1v) is 8.46. The summed E-state index contributed by atoms with van der Waals surface area (Å²) in [5, 5.41) is 0. The molecule has 1 aromatic rings. The highest BCUT2D eigenvalue weighted by molar-refractivity contribution is 5.85. The van der Waals surface area contributed by atoms with Gasteiger partial charge in [0.2, 0.25) is 5.91 Å². The van der Waals surface area contributed by atoms with Crippen LogP contribution in [0.15, 0.2) is 24.3 Å². The highest BCUT2D eigenvalue weighted by atomic mass is 35.5. The molecule has 2 N–H and O–H groups in total. The lowest BCUT2D eigenvalue weighted by molar-refractivity contribution is -0.137. The fourth-order valence-electron chi connectivity index (χ4n) is 3.48. The number of alkyl halides is 3. The molecule has 3 nitrogen and oxygen atoms in total. The van der Waals surface area contributed by atoms with Crippen molar-refractivity contribution in [3.63, 3.8) is 0 Å². The Kier molecular flexibility index (Phi) is 7.75. The fourth-order valence-corrected chi connectivity index (χ4v) is 3.48. The van der Waals surface area contributed by atoms with Crippen LogP contribution >= 0.6 is 12.4 Å². The molecule has 0 radical (unpaired) electrons. The van der Waals surface area contributed by atoms with Crippen LogP contribution in [0.4, 0.5) is 13.2 Å². The van der Waals surface area contributed by atoms with Crippen LogP contribution in [0.2, 0.25) is 0 Å². The van der Waals surface area contributed by atoms with Gasteiger partial charge in [-0.25, -0.2) is 0 Å². The molecule has 0 aromatic heterocycles. The van der Waals surface area contributed by atoms with Crippen molar-refractivity contribution >= 4 is 18.3 Å². The monoisotopic (exact) mass is 378 g/mol. The Balaban J connectivity index is 0.00000312. The molecule has 1 fully saturated rings. The second kappa shape index (κ2) is 8.90. The maximum Gasteiger partial charge on any atom is 0.416 e. The normalized spacial score (nSPS) is 21.5. The topological polar surface area (TPSA) is 46.3 Å². The van der Waals surface area contributed by atoms with E-state index < -0.39 is 17.8 Å². The van der Waals surface area contributed by atoms with Crippen LogP contribution < -0.4 is 5.73 Å². The van der Waals surface area contributed by atoms with Crippen molar-refractivity contribution in [1.29, 1.82) is 0 Å². The van der Waals surface area contributed by atoms with E-state index >= 15 is 0 Å². The number of carbonyl (C=O) groups excluding carboxylic acids is 1. The number of nitrogens with two attached hydrogens (primary N) is 1. The van der Waals surface area contributed by atoms with Crippen LogP contribution in [0.3, 0.4) is 0 Å². The molecule has 1 aliphatic rings. The van der Waals surface area contributed by atoms with E-state index in [0.29, 0.717) is 18.5 Å². The van der Waals surface area contributed by atoms with Crippen molar-refractivity contribution in [1.82, 2.24) is 4.90 Å². The Labute approximate surface area is 153 Å². The Morgan fingerprint density at radius 3 is 2.56 bits per heavy atom. The molecule has 0 aliphatic heterocycles. The molecule has 0 bridgehead atoms. The van der Waals surface area contributed by atoms with E-state index in [9.17, 15) is 18.0 Å². The molecule has 0 saturated heterocycles. The second-order valence-corrected chi connectivity index (χ2v) is 6.54. The van der Waals surface area contributed by atoms with E-state index in [4.69, 9.17) is 5.73 Å². The summed E-state index contributed by atoms with van der Waals surface area (Å²) in [6.45, 7) is 4.07. The lowest BCUT2D eigenvalue weighted by atomic mass is 9.98. The van der Waals surface area contributed by atoms with Gasteiger partial charge in [-0.2, -0.15) is 13.2 Å². The molecule has 0 spiro atoms. The highest BCUT2D eigenvalue weighted by Crippen LogP contribution is 2.33. The van der Waals surface area contributed by atoms with Gasteiger partial charge in [0.25, 0.3) is 0 Å². The average Bonchev–Trinajstić information content (AvgIpc) is 2.92. The molecule has 0 heterocycles. The van der Waals surface area contributed by atoms with Crippen molar-refractivity contribution in [2.75, 3.05) is 6.54 Å². The van der Waals surface area contributed by atoms with Gasteiger partial charge in [-0.3, -0.25) is 4.79 Å². The molecule has 142 valence electrons. The van der Waals surface area contributed by atoms with E-state index in [1.54, 1.807) is 17.9 Å². The molecule has 1 aliphatic carbocycles. The first-order valence-electron chi connectivity index (χ1n) is 8.46. The van der Waals surface area contributed by atoms with E-state index in [1.165, 1.54) is 6.07 Å². The zero-order valence-corrected chi connectivity index (χ0v) is 15.4. The number of halogens is 4. The molecular weight excluding hydrogens is 353 g/mol. The molecule has 1 aromatic carbocycles. The predicted octanol–water partition coefficient (Wildman–Crippen LogP) is 4.55.